The summed E-state index contributed by atoms with van der Waals surface area (Å²) < 4.78 is 0. The summed E-state index contributed by atoms with van der Waals surface area (Å²) in [6, 6.07) is 22.6. The number of likely N-dealkylation sites (N-methyl/N-ethyl adjacent to an activating group) is 1. The zero-order valence-electron chi connectivity index (χ0n) is 20.8. The number of anilines is 1. The van der Waals surface area contributed by atoms with Crippen LogP contribution >= 0.6 is 0 Å². The number of nitrogens with zero attached hydrogens (tertiary/aromatic N) is 2. The Balaban J connectivity index is 1.46. The van der Waals surface area contributed by atoms with Crippen LogP contribution in [0.1, 0.15) is 34.0 Å². The first kappa shape index (κ1) is 24.6. The first-order chi connectivity index (χ1) is 16.9. The zero-order valence-corrected chi connectivity index (χ0v) is 20.8. The molecule has 2 N–H and O–H groups in total. The summed E-state index contributed by atoms with van der Waals surface area (Å²) in [5.74, 6) is -0.140. The molecule has 0 unspecified atom stereocenters. The number of carbonyl (C=O) groups excluding carboxylic acids is 2. The summed E-state index contributed by atoms with van der Waals surface area (Å²) in [7, 11) is 2.07. The highest BCUT2D eigenvalue weighted by atomic mass is 16.2. The van der Waals surface area contributed by atoms with Gasteiger partial charge in [-0.1, -0.05) is 42.5 Å². The Bertz CT molecular complexity index is 1200. The van der Waals surface area contributed by atoms with Crippen molar-refractivity contribution >= 4 is 17.5 Å². The summed E-state index contributed by atoms with van der Waals surface area (Å²) >= 11 is 0. The Morgan fingerprint density at radius 2 is 1.60 bits per heavy atom. The number of benzene rings is 3. The lowest BCUT2D eigenvalue weighted by Gasteiger charge is -2.32. The van der Waals surface area contributed by atoms with Gasteiger partial charge in [-0.25, -0.2) is 0 Å². The molecule has 6 heteroatoms. The van der Waals surface area contributed by atoms with Gasteiger partial charge in [-0.15, -0.1) is 0 Å². The van der Waals surface area contributed by atoms with Gasteiger partial charge in [0.2, 0.25) is 5.91 Å². The third-order valence-electron chi connectivity index (χ3n) is 6.39. The van der Waals surface area contributed by atoms with Crippen molar-refractivity contribution in [2.45, 2.75) is 26.9 Å². The van der Waals surface area contributed by atoms with Crippen LogP contribution in [-0.2, 0) is 17.9 Å². The maximum absolute atomic E-state index is 13.2. The van der Waals surface area contributed by atoms with Gasteiger partial charge in [-0.05, 0) is 66.1 Å². The highest BCUT2D eigenvalue weighted by Crippen LogP contribution is 2.24. The van der Waals surface area contributed by atoms with Crippen LogP contribution in [0.5, 0.6) is 0 Å². The lowest BCUT2D eigenvalue weighted by molar-refractivity contribution is -0.114. The van der Waals surface area contributed by atoms with E-state index in [0.29, 0.717) is 37.4 Å². The van der Waals surface area contributed by atoms with E-state index in [0.717, 1.165) is 18.7 Å². The van der Waals surface area contributed by atoms with Crippen LogP contribution in [0.15, 0.2) is 66.7 Å². The molecule has 4 rings (SSSR count). The molecule has 0 radical (unpaired) electrons. The number of nitrogens with one attached hydrogen (secondary N) is 2. The maximum Gasteiger partial charge on any atom is 0.254 e. The van der Waals surface area contributed by atoms with Crippen LogP contribution in [0, 0.1) is 6.92 Å². The normalized spacial score (nSPS) is 14.1. The van der Waals surface area contributed by atoms with Gasteiger partial charge in [0, 0.05) is 57.4 Å². The van der Waals surface area contributed by atoms with Crippen molar-refractivity contribution in [3.05, 3.63) is 89.0 Å². The fourth-order valence-corrected chi connectivity index (χ4v) is 4.48. The monoisotopic (exact) mass is 470 g/mol. The minimum atomic E-state index is -0.152. The number of aryl methyl sites for hydroxylation is 1. The van der Waals surface area contributed by atoms with Crippen LogP contribution in [-0.4, -0.2) is 54.8 Å². The molecule has 2 amide bonds. The van der Waals surface area contributed by atoms with Crippen molar-refractivity contribution in [2.24, 2.45) is 0 Å². The van der Waals surface area contributed by atoms with Gasteiger partial charge in [0.15, 0.2) is 0 Å². The van der Waals surface area contributed by atoms with Crippen LogP contribution in [0.3, 0.4) is 0 Å². The molecule has 3 aromatic rings. The highest BCUT2D eigenvalue weighted by Gasteiger charge is 2.21. The first-order valence-corrected chi connectivity index (χ1v) is 12.1. The number of carbonyl (C=O) groups is 2. The zero-order chi connectivity index (χ0) is 24.8. The van der Waals surface area contributed by atoms with Gasteiger partial charge in [0.25, 0.3) is 5.91 Å². The third kappa shape index (κ3) is 6.56. The molecule has 1 saturated heterocycles. The Morgan fingerprint density at radius 3 is 2.34 bits per heavy atom. The van der Waals surface area contributed by atoms with Crippen molar-refractivity contribution in [1.82, 2.24) is 15.1 Å². The molecular weight excluding hydrogens is 436 g/mol. The Hall–Kier alpha value is -3.48. The van der Waals surface area contributed by atoms with E-state index in [1.54, 1.807) is 6.07 Å². The number of amides is 2. The molecule has 0 atom stereocenters. The van der Waals surface area contributed by atoms with E-state index < -0.39 is 0 Å². The SMILES string of the molecule is CC(=O)Nc1cc(CNCc2cccc(-c3ccccc3C)c2)cc(C(=O)N2CCN(C)CC2)c1. The first-order valence-electron chi connectivity index (χ1n) is 12.1. The smallest absolute Gasteiger partial charge is 0.254 e. The van der Waals surface area contributed by atoms with Crippen molar-refractivity contribution < 1.29 is 9.59 Å². The maximum atomic E-state index is 13.2. The summed E-state index contributed by atoms with van der Waals surface area (Å²) in [6.45, 7) is 8.06. The van der Waals surface area contributed by atoms with Crippen molar-refractivity contribution in [2.75, 3.05) is 38.5 Å². The number of hydrogen-bond acceptors (Lipinski definition) is 4. The Morgan fingerprint density at radius 1 is 0.857 bits per heavy atom. The Kier molecular flexibility index (Phi) is 7.95. The number of hydrogen-bond donors (Lipinski definition) is 2. The summed E-state index contributed by atoms with van der Waals surface area (Å²) in [6.07, 6.45) is 0. The minimum absolute atomic E-state index is 0.0116. The molecule has 0 aliphatic carbocycles. The summed E-state index contributed by atoms with van der Waals surface area (Å²) in [5, 5.41) is 6.34. The molecule has 0 saturated carbocycles. The van der Waals surface area contributed by atoms with Gasteiger partial charge in [0.05, 0.1) is 0 Å². The van der Waals surface area contributed by atoms with E-state index in [-0.39, 0.29) is 11.8 Å². The van der Waals surface area contributed by atoms with Gasteiger partial charge in [-0.2, -0.15) is 0 Å². The average Bonchev–Trinajstić information content (AvgIpc) is 2.84. The number of rotatable bonds is 7. The molecule has 0 bridgehead atoms. The minimum Gasteiger partial charge on any atom is -0.336 e. The molecule has 0 spiro atoms. The van der Waals surface area contributed by atoms with E-state index in [4.69, 9.17) is 0 Å². The standard InChI is InChI=1S/C29H34N4O2/c1-21-7-4-5-10-28(21)25-9-6-8-23(15-25)19-30-20-24-16-26(18-27(17-24)31-22(2)34)29(35)33-13-11-32(3)12-14-33/h4-10,15-18,30H,11-14,19-20H2,1-3H3,(H,31,34). The predicted molar refractivity (Wildman–Crippen MR) is 141 cm³/mol. The molecule has 6 nitrogen and oxygen atoms in total. The Labute approximate surface area is 207 Å². The average molecular weight is 471 g/mol. The van der Waals surface area contributed by atoms with Gasteiger partial charge in [-0.3, -0.25) is 9.59 Å². The summed E-state index contributed by atoms with van der Waals surface area (Å²) in [4.78, 5) is 29.0. The second-order valence-electron chi connectivity index (χ2n) is 9.31. The fraction of sp³-hybridized carbons (Fsp3) is 0.310. The van der Waals surface area contributed by atoms with E-state index >= 15 is 0 Å². The largest absolute Gasteiger partial charge is 0.336 e. The van der Waals surface area contributed by atoms with Crippen molar-refractivity contribution in [3.63, 3.8) is 0 Å². The second kappa shape index (κ2) is 11.3. The topological polar surface area (TPSA) is 64.7 Å². The molecule has 1 aliphatic rings. The molecule has 182 valence electrons. The van der Waals surface area contributed by atoms with E-state index in [1.165, 1.54) is 29.2 Å². The van der Waals surface area contributed by atoms with E-state index in [2.05, 4.69) is 78.0 Å². The molecule has 1 heterocycles. The fourth-order valence-electron chi connectivity index (χ4n) is 4.48. The lowest BCUT2D eigenvalue weighted by Crippen LogP contribution is -2.47. The van der Waals surface area contributed by atoms with Crippen LogP contribution in [0.4, 0.5) is 5.69 Å². The van der Waals surface area contributed by atoms with Crippen LogP contribution in [0.2, 0.25) is 0 Å². The van der Waals surface area contributed by atoms with Gasteiger partial charge in [0.1, 0.15) is 0 Å². The van der Waals surface area contributed by atoms with Crippen molar-refractivity contribution in [1.29, 1.82) is 0 Å². The van der Waals surface area contributed by atoms with Crippen molar-refractivity contribution in [3.8, 4) is 11.1 Å². The molecule has 1 fully saturated rings. The molecule has 3 aromatic carbocycles. The quantitative estimate of drug-likeness (QED) is 0.541. The molecule has 1 aliphatic heterocycles. The van der Waals surface area contributed by atoms with E-state index in [9.17, 15) is 9.59 Å². The molecule has 35 heavy (non-hydrogen) atoms. The lowest BCUT2D eigenvalue weighted by atomic mass is 9.99. The van der Waals surface area contributed by atoms with Crippen LogP contribution in [0.25, 0.3) is 11.1 Å². The second-order valence-corrected chi connectivity index (χ2v) is 9.31. The highest BCUT2D eigenvalue weighted by molar-refractivity contribution is 5.97. The number of piperazine rings is 1. The third-order valence-corrected chi connectivity index (χ3v) is 6.39. The van der Waals surface area contributed by atoms with Crippen LogP contribution < -0.4 is 10.6 Å². The predicted octanol–water partition coefficient (Wildman–Crippen LogP) is 4.30. The molecule has 0 aromatic heterocycles. The van der Waals surface area contributed by atoms with Gasteiger partial charge >= 0.3 is 0 Å². The van der Waals surface area contributed by atoms with E-state index in [1.807, 2.05) is 17.0 Å². The molecular formula is C29H34N4O2. The van der Waals surface area contributed by atoms with Gasteiger partial charge < -0.3 is 20.4 Å². The summed E-state index contributed by atoms with van der Waals surface area (Å²) in [5.41, 5.74) is 7.11.